The Morgan fingerprint density at radius 1 is 1.13 bits per heavy atom. The lowest BCUT2D eigenvalue weighted by atomic mass is 10.1. The number of ether oxygens (including phenoxy) is 1. The molecule has 2 aromatic carbocycles. The van der Waals surface area contributed by atoms with Crippen LogP contribution in [0.3, 0.4) is 0 Å². The molecule has 0 fully saturated rings. The minimum atomic E-state index is -0.315. The van der Waals surface area contributed by atoms with Crippen LogP contribution in [0.4, 0.5) is 0 Å². The average Bonchev–Trinajstić information content (AvgIpc) is 3.29. The summed E-state index contributed by atoms with van der Waals surface area (Å²) in [5, 5.41) is 10.9. The largest absolute Gasteiger partial charge is 0.461 e. The van der Waals surface area contributed by atoms with Crippen molar-refractivity contribution in [2.45, 2.75) is 26.5 Å². The summed E-state index contributed by atoms with van der Waals surface area (Å²) in [6, 6.07) is 13.0. The molecule has 30 heavy (non-hydrogen) atoms. The summed E-state index contributed by atoms with van der Waals surface area (Å²) in [6.45, 7) is 2.81. The fourth-order valence-electron chi connectivity index (χ4n) is 3.37. The monoisotopic (exact) mass is 442 g/mol. The summed E-state index contributed by atoms with van der Waals surface area (Å²) in [5.41, 5.74) is 4.19. The fraction of sp³-hybridized carbons (Fsp3) is 0.227. The first-order valence-electron chi connectivity index (χ1n) is 9.53. The molecule has 0 aliphatic heterocycles. The Hall–Kier alpha value is -2.83. The Morgan fingerprint density at radius 2 is 1.97 bits per heavy atom. The quantitative estimate of drug-likeness (QED) is 0.392. The summed E-state index contributed by atoms with van der Waals surface area (Å²) >= 11 is 12.3. The van der Waals surface area contributed by atoms with Gasteiger partial charge in [-0.05, 0) is 48.9 Å². The number of hydrogen-bond acceptors (Lipinski definition) is 4. The van der Waals surface area contributed by atoms with E-state index in [4.69, 9.17) is 27.9 Å². The maximum absolute atomic E-state index is 12.5. The predicted molar refractivity (Wildman–Crippen MR) is 118 cm³/mol. The highest BCUT2D eigenvalue weighted by atomic mass is 35.5. The number of rotatable bonds is 6. The van der Waals surface area contributed by atoms with Gasteiger partial charge >= 0.3 is 5.97 Å². The number of esters is 1. The van der Waals surface area contributed by atoms with Gasteiger partial charge in [0.1, 0.15) is 6.61 Å². The van der Waals surface area contributed by atoms with Crippen LogP contribution >= 0.6 is 23.2 Å². The highest BCUT2D eigenvalue weighted by molar-refractivity contribution is 6.36. The minimum Gasteiger partial charge on any atom is -0.461 e. The Morgan fingerprint density at radius 3 is 2.73 bits per heavy atom. The van der Waals surface area contributed by atoms with E-state index in [-0.39, 0.29) is 19.0 Å². The third kappa shape index (κ3) is 4.20. The Balaban J connectivity index is 1.46. The van der Waals surface area contributed by atoms with E-state index in [1.807, 2.05) is 49.0 Å². The summed E-state index contributed by atoms with van der Waals surface area (Å²) in [5.74, 6) is -0.315. The first-order chi connectivity index (χ1) is 14.4. The molecule has 6 nitrogen and oxygen atoms in total. The van der Waals surface area contributed by atoms with E-state index in [1.54, 1.807) is 23.0 Å². The zero-order valence-corrected chi connectivity index (χ0v) is 18.1. The second-order valence-corrected chi connectivity index (χ2v) is 7.80. The van der Waals surface area contributed by atoms with E-state index in [9.17, 15) is 4.79 Å². The Bertz CT molecular complexity index is 1230. The van der Waals surface area contributed by atoms with Gasteiger partial charge in [0, 0.05) is 29.6 Å². The molecule has 4 rings (SSSR count). The maximum atomic E-state index is 12.5. The number of carbonyl (C=O) groups is 1. The van der Waals surface area contributed by atoms with Crippen molar-refractivity contribution in [2.24, 2.45) is 7.05 Å². The molecular weight excluding hydrogens is 423 g/mol. The van der Waals surface area contributed by atoms with Crippen molar-refractivity contribution in [1.82, 2.24) is 19.6 Å². The molecule has 0 amide bonds. The van der Waals surface area contributed by atoms with Crippen LogP contribution in [-0.4, -0.2) is 25.5 Å². The molecule has 0 spiro atoms. The van der Waals surface area contributed by atoms with Crippen LogP contribution in [0.15, 0.2) is 48.7 Å². The van der Waals surface area contributed by atoms with Crippen molar-refractivity contribution >= 4 is 40.1 Å². The van der Waals surface area contributed by atoms with Gasteiger partial charge in [0.15, 0.2) is 0 Å². The van der Waals surface area contributed by atoms with Crippen LogP contribution < -0.4 is 0 Å². The summed E-state index contributed by atoms with van der Waals surface area (Å²) < 4.78 is 9.08. The van der Waals surface area contributed by atoms with Crippen molar-refractivity contribution in [3.63, 3.8) is 0 Å². The number of aryl methyl sites for hydroxylation is 2. The van der Waals surface area contributed by atoms with Gasteiger partial charge in [0.25, 0.3) is 0 Å². The van der Waals surface area contributed by atoms with E-state index in [0.29, 0.717) is 22.3 Å². The highest BCUT2D eigenvalue weighted by Gasteiger charge is 2.15. The third-order valence-electron chi connectivity index (χ3n) is 4.91. The first kappa shape index (κ1) is 20.4. The molecule has 0 saturated heterocycles. The van der Waals surface area contributed by atoms with E-state index >= 15 is 0 Å². The maximum Gasteiger partial charge on any atom is 0.312 e. The summed E-state index contributed by atoms with van der Waals surface area (Å²) in [7, 11) is 1.89. The van der Waals surface area contributed by atoms with Crippen LogP contribution in [-0.2, 0) is 36.2 Å². The molecule has 0 bridgehead atoms. The molecule has 4 aromatic rings. The minimum absolute atomic E-state index is 0.126. The number of carbonyl (C=O) groups excluding carboxylic acids is 1. The fourth-order valence-corrected chi connectivity index (χ4v) is 3.87. The van der Waals surface area contributed by atoms with Crippen LogP contribution in [0.2, 0.25) is 10.0 Å². The number of benzene rings is 2. The van der Waals surface area contributed by atoms with Crippen molar-refractivity contribution in [3.8, 4) is 11.3 Å². The smallest absolute Gasteiger partial charge is 0.312 e. The van der Waals surface area contributed by atoms with Crippen LogP contribution in [0.25, 0.3) is 22.2 Å². The molecule has 154 valence electrons. The summed E-state index contributed by atoms with van der Waals surface area (Å²) in [4.78, 5) is 12.5. The number of nitrogens with zero attached hydrogens (tertiary/aromatic N) is 4. The lowest BCUT2D eigenvalue weighted by Gasteiger charge is -2.07. The van der Waals surface area contributed by atoms with Crippen LogP contribution in [0.5, 0.6) is 0 Å². The number of hydrogen-bond donors (Lipinski definition) is 0. The second-order valence-electron chi connectivity index (χ2n) is 6.96. The standard InChI is InChI=1S/C22H20Cl2N4O2/c1-3-28-17(10-20(26-28)18-6-5-16(23)9-19(18)24)11-22(29)30-13-14-4-7-21-15(8-14)12-25-27(21)2/h4-10,12H,3,11,13H2,1-2H3. The molecule has 8 heteroatoms. The van der Waals surface area contributed by atoms with E-state index in [0.717, 1.165) is 27.7 Å². The second kappa shape index (κ2) is 8.50. The molecule has 0 saturated carbocycles. The normalized spacial score (nSPS) is 11.2. The number of halogens is 2. The number of fused-ring (bicyclic) bond motifs is 1. The van der Waals surface area contributed by atoms with Gasteiger partial charge in [-0.25, -0.2) is 0 Å². The average molecular weight is 443 g/mol. The van der Waals surface area contributed by atoms with Crippen LogP contribution in [0.1, 0.15) is 18.2 Å². The van der Waals surface area contributed by atoms with Gasteiger partial charge in [-0.1, -0.05) is 29.3 Å². The van der Waals surface area contributed by atoms with Crippen LogP contribution in [0, 0.1) is 0 Å². The molecule has 0 radical (unpaired) electrons. The lowest BCUT2D eigenvalue weighted by molar-refractivity contribution is -0.144. The molecule has 0 aliphatic carbocycles. The summed E-state index contributed by atoms with van der Waals surface area (Å²) in [6.07, 6.45) is 1.92. The molecule has 0 aliphatic rings. The predicted octanol–water partition coefficient (Wildman–Crippen LogP) is 5.05. The third-order valence-corrected chi connectivity index (χ3v) is 5.45. The highest BCUT2D eigenvalue weighted by Crippen LogP contribution is 2.30. The molecule has 0 atom stereocenters. The van der Waals surface area contributed by atoms with Gasteiger partial charge in [-0.15, -0.1) is 0 Å². The Kier molecular flexibility index (Phi) is 5.79. The lowest BCUT2D eigenvalue weighted by Crippen LogP contribution is -2.12. The van der Waals surface area contributed by atoms with E-state index < -0.39 is 0 Å². The molecule has 0 unspecified atom stereocenters. The molecule has 2 heterocycles. The van der Waals surface area contributed by atoms with Crippen molar-refractivity contribution in [1.29, 1.82) is 0 Å². The zero-order chi connectivity index (χ0) is 21.3. The van der Waals surface area contributed by atoms with Gasteiger partial charge in [0.2, 0.25) is 0 Å². The van der Waals surface area contributed by atoms with Crippen molar-refractivity contribution in [2.75, 3.05) is 0 Å². The van der Waals surface area contributed by atoms with Crippen molar-refractivity contribution in [3.05, 3.63) is 70.0 Å². The Labute approximate surface area is 184 Å². The topological polar surface area (TPSA) is 61.9 Å². The zero-order valence-electron chi connectivity index (χ0n) is 16.6. The van der Waals surface area contributed by atoms with Gasteiger partial charge in [-0.3, -0.25) is 14.2 Å². The first-order valence-corrected chi connectivity index (χ1v) is 10.3. The molecule has 0 N–H and O–H groups in total. The molecule has 2 aromatic heterocycles. The van der Waals surface area contributed by atoms with Gasteiger partial charge < -0.3 is 4.74 Å². The van der Waals surface area contributed by atoms with Gasteiger partial charge in [-0.2, -0.15) is 10.2 Å². The SMILES string of the molecule is CCn1nc(-c2ccc(Cl)cc2Cl)cc1CC(=O)OCc1ccc2c(cnn2C)c1. The van der Waals surface area contributed by atoms with E-state index in [1.165, 1.54) is 0 Å². The van der Waals surface area contributed by atoms with E-state index in [2.05, 4.69) is 10.2 Å². The number of aromatic nitrogens is 4. The van der Waals surface area contributed by atoms with Crippen molar-refractivity contribution < 1.29 is 9.53 Å². The van der Waals surface area contributed by atoms with Gasteiger partial charge in [0.05, 0.1) is 34.5 Å². The molecular formula is C22H20Cl2N4O2.